The van der Waals surface area contributed by atoms with E-state index in [2.05, 4.69) is 10.3 Å². The number of para-hydroxylation sites is 1. The number of aromatic nitrogens is 1. The fourth-order valence-electron chi connectivity index (χ4n) is 2.81. The monoisotopic (exact) mass is 362 g/mol. The standard InChI is InChI=1S/C21H15ClN2O2/c22-15-9-7-14(8-10-15)20-12-18(17-5-1-2-6-19(17)24-20)21(25)23-13-16-4-3-11-26-16/h1-12H,13H2,(H,23,25). The summed E-state index contributed by atoms with van der Waals surface area (Å²) in [4.78, 5) is 17.5. The highest BCUT2D eigenvalue weighted by molar-refractivity contribution is 6.30. The molecule has 0 saturated carbocycles. The van der Waals surface area contributed by atoms with E-state index in [0.717, 1.165) is 22.2 Å². The molecular weight excluding hydrogens is 348 g/mol. The predicted molar refractivity (Wildman–Crippen MR) is 102 cm³/mol. The lowest BCUT2D eigenvalue weighted by atomic mass is 10.0. The molecule has 0 aliphatic rings. The quantitative estimate of drug-likeness (QED) is 0.551. The summed E-state index contributed by atoms with van der Waals surface area (Å²) in [5.74, 6) is 0.532. The second kappa shape index (κ2) is 7.02. The fraction of sp³-hybridized carbons (Fsp3) is 0.0476. The van der Waals surface area contributed by atoms with Crippen molar-refractivity contribution in [3.8, 4) is 11.3 Å². The molecular formula is C21H15ClN2O2. The van der Waals surface area contributed by atoms with Gasteiger partial charge in [0.15, 0.2) is 0 Å². The van der Waals surface area contributed by atoms with E-state index in [1.165, 1.54) is 0 Å². The van der Waals surface area contributed by atoms with Gasteiger partial charge < -0.3 is 9.73 Å². The summed E-state index contributed by atoms with van der Waals surface area (Å²) in [6.07, 6.45) is 1.59. The Morgan fingerprint density at radius 2 is 1.85 bits per heavy atom. The van der Waals surface area contributed by atoms with E-state index in [1.54, 1.807) is 12.3 Å². The molecule has 0 aliphatic carbocycles. The van der Waals surface area contributed by atoms with Gasteiger partial charge in [0, 0.05) is 16.0 Å². The lowest BCUT2D eigenvalue weighted by Crippen LogP contribution is -2.23. The number of amides is 1. The van der Waals surface area contributed by atoms with Gasteiger partial charge in [-0.15, -0.1) is 0 Å². The lowest BCUT2D eigenvalue weighted by molar-refractivity contribution is 0.0949. The normalized spacial score (nSPS) is 10.8. The van der Waals surface area contributed by atoms with Gasteiger partial charge in [-0.3, -0.25) is 4.79 Å². The largest absolute Gasteiger partial charge is 0.467 e. The Bertz CT molecular complexity index is 1060. The van der Waals surface area contributed by atoms with Crippen LogP contribution in [0, 0.1) is 0 Å². The lowest BCUT2D eigenvalue weighted by Gasteiger charge is -2.10. The predicted octanol–water partition coefficient (Wildman–Crippen LogP) is 5.08. The first kappa shape index (κ1) is 16.4. The summed E-state index contributed by atoms with van der Waals surface area (Å²) in [6.45, 7) is 0.332. The Morgan fingerprint density at radius 1 is 1.04 bits per heavy atom. The first-order valence-corrected chi connectivity index (χ1v) is 8.55. The Hall–Kier alpha value is -3.11. The van der Waals surface area contributed by atoms with Crippen molar-refractivity contribution >= 4 is 28.4 Å². The van der Waals surface area contributed by atoms with E-state index in [-0.39, 0.29) is 5.91 Å². The van der Waals surface area contributed by atoms with Crippen LogP contribution in [0.25, 0.3) is 22.2 Å². The number of nitrogens with one attached hydrogen (secondary N) is 1. The van der Waals surface area contributed by atoms with E-state index >= 15 is 0 Å². The Balaban J connectivity index is 1.74. The topological polar surface area (TPSA) is 55.1 Å². The number of rotatable bonds is 4. The second-order valence-corrected chi connectivity index (χ2v) is 6.28. The number of furan rings is 1. The van der Waals surface area contributed by atoms with Gasteiger partial charge in [-0.1, -0.05) is 41.9 Å². The molecule has 0 saturated heterocycles. The maximum absolute atomic E-state index is 12.8. The third-order valence-corrected chi connectivity index (χ3v) is 4.36. The third-order valence-electron chi connectivity index (χ3n) is 4.10. The van der Waals surface area contributed by atoms with Crippen molar-refractivity contribution in [2.45, 2.75) is 6.54 Å². The Morgan fingerprint density at radius 3 is 2.62 bits per heavy atom. The third kappa shape index (κ3) is 3.32. The van der Waals surface area contributed by atoms with Crippen molar-refractivity contribution in [2.75, 3.05) is 0 Å². The van der Waals surface area contributed by atoms with Crippen molar-refractivity contribution in [1.29, 1.82) is 0 Å². The first-order chi connectivity index (χ1) is 12.7. The molecule has 2 aromatic carbocycles. The van der Waals surface area contributed by atoms with Gasteiger partial charge in [0.1, 0.15) is 5.76 Å². The maximum atomic E-state index is 12.8. The van der Waals surface area contributed by atoms with Crippen LogP contribution in [0.15, 0.2) is 77.4 Å². The molecule has 2 aromatic heterocycles. The summed E-state index contributed by atoms with van der Waals surface area (Å²) >= 11 is 5.97. The molecule has 1 amide bonds. The van der Waals surface area contributed by atoms with Gasteiger partial charge in [0.2, 0.25) is 0 Å². The van der Waals surface area contributed by atoms with Crippen LogP contribution in [0.1, 0.15) is 16.1 Å². The number of carbonyl (C=O) groups is 1. The van der Waals surface area contributed by atoms with Crippen LogP contribution in [-0.4, -0.2) is 10.9 Å². The van der Waals surface area contributed by atoms with Crippen molar-refractivity contribution in [3.63, 3.8) is 0 Å². The highest BCUT2D eigenvalue weighted by Gasteiger charge is 2.14. The molecule has 2 heterocycles. The molecule has 0 fully saturated rings. The van der Waals surface area contributed by atoms with Gasteiger partial charge in [-0.25, -0.2) is 4.98 Å². The number of nitrogens with zero attached hydrogens (tertiary/aromatic N) is 1. The van der Waals surface area contributed by atoms with E-state index in [9.17, 15) is 4.79 Å². The average Bonchev–Trinajstić information content (AvgIpc) is 3.19. The number of carbonyl (C=O) groups excluding carboxylic acids is 1. The van der Waals surface area contributed by atoms with Crippen LogP contribution in [0.4, 0.5) is 0 Å². The molecule has 4 nitrogen and oxygen atoms in total. The molecule has 0 spiro atoms. The van der Waals surface area contributed by atoms with Crippen molar-refractivity contribution in [2.24, 2.45) is 0 Å². The minimum absolute atomic E-state index is 0.171. The summed E-state index contributed by atoms with van der Waals surface area (Å²) in [6, 6.07) is 20.4. The number of pyridine rings is 1. The fourth-order valence-corrected chi connectivity index (χ4v) is 2.93. The molecule has 0 unspecified atom stereocenters. The van der Waals surface area contributed by atoms with Crippen molar-refractivity contribution < 1.29 is 9.21 Å². The zero-order chi connectivity index (χ0) is 17.9. The molecule has 128 valence electrons. The Labute approximate surface area is 155 Å². The molecule has 0 bridgehead atoms. The summed E-state index contributed by atoms with van der Waals surface area (Å²) in [7, 11) is 0. The Kier molecular flexibility index (Phi) is 4.42. The number of benzene rings is 2. The average molecular weight is 363 g/mol. The minimum atomic E-state index is -0.171. The summed E-state index contributed by atoms with van der Waals surface area (Å²) in [5, 5.41) is 4.37. The highest BCUT2D eigenvalue weighted by Crippen LogP contribution is 2.26. The van der Waals surface area contributed by atoms with E-state index < -0.39 is 0 Å². The highest BCUT2D eigenvalue weighted by atomic mass is 35.5. The number of fused-ring (bicyclic) bond motifs is 1. The van der Waals surface area contributed by atoms with Crippen LogP contribution < -0.4 is 5.32 Å². The molecule has 0 atom stereocenters. The summed E-state index contributed by atoms with van der Waals surface area (Å²) in [5.41, 5.74) is 2.97. The molecule has 26 heavy (non-hydrogen) atoms. The van der Waals surface area contributed by atoms with Gasteiger partial charge in [-0.05, 0) is 36.4 Å². The SMILES string of the molecule is O=C(NCc1ccco1)c1cc(-c2ccc(Cl)cc2)nc2ccccc12. The van der Waals surface area contributed by atoms with Gasteiger partial charge >= 0.3 is 0 Å². The van der Waals surface area contributed by atoms with Crippen molar-refractivity contribution in [3.05, 3.63) is 89.3 Å². The molecule has 0 radical (unpaired) electrons. The van der Waals surface area contributed by atoms with Crippen LogP contribution >= 0.6 is 11.6 Å². The van der Waals surface area contributed by atoms with Crippen LogP contribution in [0.2, 0.25) is 5.02 Å². The molecule has 4 rings (SSSR count). The number of hydrogen-bond acceptors (Lipinski definition) is 3. The van der Waals surface area contributed by atoms with E-state index in [0.29, 0.717) is 22.9 Å². The van der Waals surface area contributed by atoms with E-state index in [4.69, 9.17) is 16.0 Å². The van der Waals surface area contributed by atoms with Crippen molar-refractivity contribution in [1.82, 2.24) is 10.3 Å². The van der Waals surface area contributed by atoms with Crippen LogP contribution in [0.5, 0.6) is 0 Å². The maximum Gasteiger partial charge on any atom is 0.252 e. The number of halogens is 1. The molecule has 0 aliphatic heterocycles. The van der Waals surface area contributed by atoms with Crippen LogP contribution in [0.3, 0.4) is 0 Å². The molecule has 1 N–H and O–H groups in total. The zero-order valence-corrected chi connectivity index (χ0v) is 14.5. The smallest absolute Gasteiger partial charge is 0.252 e. The van der Waals surface area contributed by atoms with Gasteiger partial charge in [-0.2, -0.15) is 0 Å². The minimum Gasteiger partial charge on any atom is -0.467 e. The molecule has 5 heteroatoms. The van der Waals surface area contributed by atoms with E-state index in [1.807, 2.05) is 60.7 Å². The van der Waals surface area contributed by atoms with Gasteiger partial charge in [0.05, 0.1) is 29.6 Å². The van der Waals surface area contributed by atoms with Gasteiger partial charge in [0.25, 0.3) is 5.91 Å². The first-order valence-electron chi connectivity index (χ1n) is 8.17. The second-order valence-electron chi connectivity index (χ2n) is 5.84. The number of hydrogen-bond donors (Lipinski definition) is 1. The summed E-state index contributed by atoms with van der Waals surface area (Å²) < 4.78 is 5.27. The molecule has 4 aromatic rings. The zero-order valence-electron chi connectivity index (χ0n) is 13.8. The van der Waals surface area contributed by atoms with Crippen LogP contribution in [-0.2, 0) is 6.54 Å².